The Labute approximate surface area is 116 Å². The monoisotopic (exact) mass is 308 g/mol. The second kappa shape index (κ2) is 5.20. The third kappa shape index (κ3) is 3.40. The van der Waals surface area contributed by atoms with Crippen LogP contribution in [0, 0.1) is 0 Å². The van der Waals surface area contributed by atoms with Gasteiger partial charge in [0, 0.05) is 24.5 Å². The van der Waals surface area contributed by atoms with Gasteiger partial charge < -0.3 is 5.32 Å². The van der Waals surface area contributed by atoms with Crippen molar-refractivity contribution in [2.75, 3.05) is 0 Å². The highest BCUT2D eigenvalue weighted by molar-refractivity contribution is 9.10. The van der Waals surface area contributed by atoms with Gasteiger partial charge in [0.15, 0.2) is 0 Å². The van der Waals surface area contributed by atoms with Crippen molar-refractivity contribution in [1.29, 1.82) is 0 Å². The summed E-state index contributed by atoms with van der Waals surface area (Å²) in [5.74, 6) is 0. The standard InChI is InChI=1S/C13H17BrN4/c1-13(2,3)16-6-10-4-5-15-8-12(10)18-9-11(14)7-17-18/h4-5,7-9,16H,6H2,1-3H3. The van der Waals surface area contributed by atoms with Gasteiger partial charge in [0.2, 0.25) is 0 Å². The number of aromatic nitrogens is 3. The molecule has 0 spiro atoms. The predicted molar refractivity (Wildman–Crippen MR) is 75.7 cm³/mol. The Hall–Kier alpha value is -1.20. The number of hydrogen-bond acceptors (Lipinski definition) is 3. The molecule has 18 heavy (non-hydrogen) atoms. The minimum absolute atomic E-state index is 0.0885. The van der Waals surface area contributed by atoms with Crippen LogP contribution in [0.3, 0.4) is 0 Å². The summed E-state index contributed by atoms with van der Waals surface area (Å²) >= 11 is 3.41. The van der Waals surface area contributed by atoms with E-state index in [-0.39, 0.29) is 5.54 Å². The minimum atomic E-state index is 0.0885. The molecule has 0 atom stereocenters. The van der Waals surface area contributed by atoms with Crippen molar-refractivity contribution in [3.05, 3.63) is 40.9 Å². The van der Waals surface area contributed by atoms with Gasteiger partial charge in [-0.3, -0.25) is 4.98 Å². The molecule has 0 fully saturated rings. The van der Waals surface area contributed by atoms with Gasteiger partial charge in [-0.05, 0) is 48.3 Å². The highest BCUT2D eigenvalue weighted by atomic mass is 79.9. The Kier molecular flexibility index (Phi) is 3.82. The van der Waals surface area contributed by atoms with Crippen LogP contribution in [-0.4, -0.2) is 20.3 Å². The summed E-state index contributed by atoms with van der Waals surface area (Å²) in [4.78, 5) is 4.17. The van der Waals surface area contributed by atoms with E-state index in [9.17, 15) is 0 Å². The Balaban J connectivity index is 2.26. The van der Waals surface area contributed by atoms with Crippen molar-refractivity contribution in [2.24, 2.45) is 0 Å². The number of nitrogens with zero attached hydrogens (tertiary/aromatic N) is 3. The average Bonchev–Trinajstić information content (AvgIpc) is 2.72. The van der Waals surface area contributed by atoms with E-state index in [0.29, 0.717) is 0 Å². The van der Waals surface area contributed by atoms with Gasteiger partial charge in [0.1, 0.15) is 0 Å². The molecule has 0 bridgehead atoms. The van der Waals surface area contributed by atoms with Crippen LogP contribution in [0.4, 0.5) is 0 Å². The summed E-state index contributed by atoms with van der Waals surface area (Å²) < 4.78 is 2.79. The Morgan fingerprint density at radius 1 is 1.33 bits per heavy atom. The van der Waals surface area contributed by atoms with Crippen LogP contribution in [0.2, 0.25) is 0 Å². The molecule has 0 aliphatic rings. The summed E-state index contributed by atoms with van der Waals surface area (Å²) in [5.41, 5.74) is 2.26. The molecule has 0 aliphatic carbocycles. The molecular formula is C13H17BrN4. The van der Waals surface area contributed by atoms with Crippen LogP contribution in [0.1, 0.15) is 26.3 Å². The molecule has 2 rings (SSSR count). The number of rotatable bonds is 3. The lowest BCUT2D eigenvalue weighted by Gasteiger charge is -2.21. The molecule has 4 nitrogen and oxygen atoms in total. The summed E-state index contributed by atoms with van der Waals surface area (Å²) in [5, 5.41) is 7.77. The summed E-state index contributed by atoms with van der Waals surface area (Å²) in [7, 11) is 0. The van der Waals surface area contributed by atoms with E-state index in [4.69, 9.17) is 0 Å². The van der Waals surface area contributed by atoms with Crippen molar-refractivity contribution < 1.29 is 0 Å². The van der Waals surface area contributed by atoms with Gasteiger partial charge in [-0.2, -0.15) is 5.10 Å². The molecule has 0 aliphatic heterocycles. The van der Waals surface area contributed by atoms with Crippen molar-refractivity contribution >= 4 is 15.9 Å². The minimum Gasteiger partial charge on any atom is -0.308 e. The van der Waals surface area contributed by atoms with E-state index in [0.717, 1.165) is 16.7 Å². The van der Waals surface area contributed by atoms with Crippen molar-refractivity contribution in [3.8, 4) is 5.69 Å². The Bertz CT molecular complexity index is 528. The zero-order chi connectivity index (χ0) is 13.2. The van der Waals surface area contributed by atoms with Gasteiger partial charge >= 0.3 is 0 Å². The van der Waals surface area contributed by atoms with Crippen molar-refractivity contribution in [2.45, 2.75) is 32.9 Å². The smallest absolute Gasteiger partial charge is 0.0874 e. The van der Waals surface area contributed by atoms with E-state index in [2.05, 4.69) is 52.1 Å². The van der Waals surface area contributed by atoms with Crippen LogP contribution < -0.4 is 5.32 Å². The van der Waals surface area contributed by atoms with Crippen molar-refractivity contribution in [1.82, 2.24) is 20.1 Å². The van der Waals surface area contributed by atoms with E-state index in [1.807, 2.05) is 29.3 Å². The molecule has 2 aromatic heterocycles. The highest BCUT2D eigenvalue weighted by Crippen LogP contribution is 2.16. The van der Waals surface area contributed by atoms with Crippen LogP contribution >= 0.6 is 15.9 Å². The summed E-state index contributed by atoms with van der Waals surface area (Å²) in [6, 6.07) is 2.02. The number of nitrogens with one attached hydrogen (secondary N) is 1. The highest BCUT2D eigenvalue weighted by Gasteiger charge is 2.11. The molecule has 1 N–H and O–H groups in total. The number of halogens is 1. The van der Waals surface area contributed by atoms with Crippen LogP contribution in [0.5, 0.6) is 0 Å². The molecule has 0 radical (unpaired) electrons. The lowest BCUT2D eigenvalue weighted by molar-refractivity contribution is 0.423. The van der Waals surface area contributed by atoms with Crippen LogP contribution in [0.25, 0.3) is 5.69 Å². The van der Waals surface area contributed by atoms with Gasteiger partial charge in [0.05, 0.1) is 22.6 Å². The quantitative estimate of drug-likeness (QED) is 0.948. The third-order valence-corrected chi connectivity index (χ3v) is 2.90. The van der Waals surface area contributed by atoms with E-state index in [1.165, 1.54) is 5.56 Å². The van der Waals surface area contributed by atoms with Gasteiger partial charge in [0.25, 0.3) is 0 Å². The normalized spacial score (nSPS) is 11.8. The number of pyridine rings is 1. The molecule has 96 valence electrons. The maximum Gasteiger partial charge on any atom is 0.0874 e. The molecular weight excluding hydrogens is 292 g/mol. The maximum absolute atomic E-state index is 4.29. The van der Waals surface area contributed by atoms with Crippen molar-refractivity contribution in [3.63, 3.8) is 0 Å². The molecule has 2 heterocycles. The zero-order valence-corrected chi connectivity index (χ0v) is 12.4. The largest absolute Gasteiger partial charge is 0.308 e. The first-order chi connectivity index (χ1) is 8.46. The third-order valence-electron chi connectivity index (χ3n) is 2.49. The first-order valence-electron chi connectivity index (χ1n) is 5.84. The molecule has 0 amide bonds. The molecule has 0 saturated heterocycles. The first-order valence-corrected chi connectivity index (χ1v) is 6.63. The van der Waals surface area contributed by atoms with Crippen LogP contribution in [0.15, 0.2) is 35.3 Å². The van der Waals surface area contributed by atoms with Gasteiger partial charge in [-0.15, -0.1) is 0 Å². The lowest BCUT2D eigenvalue weighted by atomic mass is 10.1. The first kappa shape index (κ1) is 13.2. The fourth-order valence-corrected chi connectivity index (χ4v) is 1.85. The second-order valence-electron chi connectivity index (χ2n) is 5.21. The summed E-state index contributed by atoms with van der Waals surface area (Å²) in [6.45, 7) is 7.24. The second-order valence-corrected chi connectivity index (χ2v) is 6.13. The topological polar surface area (TPSA) is 42.7 Å². The van der Waals surface area contributed by atoms with Crippen LogP contribution in [-0.2, 0) is 6.54 Å². The average molecular weight is 309 g/mol. The zero-order valence-electron chi connectivity index (χ0n) is 10.8. The summed E-state index contributed by atoms with van der Waals surface area (Å²) in [6.07, 6.45) is 7.34. The Morgan fingerprint density at radius 2 is 2.11 bits per heavy atom. The molecule has 2 aromatic rings. The van der Waals surface area contributed by atoms with Gasteiger partial charge in [-0.1, -0.05) is 0 Å². The van der Waals surface area contributed by atoms with E-state index in [1.54, 1.807) is 6.20 Å². The van der Waals surface area contributed by atoms with E-state index >= 15 is 0 Å². The molecule has 0 unspecified atom stereocenters. The lowest BCUT2D eigenvalue weighted by Crippen LogP contribution is -2.35. The fraction of sp³-hybridized carbons (Fsp3) is 0.385. The van der Waals surface area contributed by atoms with Gasteiger partial charge in [-0.25, -0.2) is 4.68 Å². The molecule has 5 heteroatoms. The number of hydrogen-bond donors (Lipinski definition) is 1. The predicted octanol–water partition coefficient (Wildman–Crippen LogP) is 2.92. The molecule has 0 aromatic carbocycles. The Morgan fingerprint density at radius 3 is 2.72 bits per heavy atom. The fourth-order valence-electron chi connectivity index (χ4n) is 1.56. The maximum atomic E-state index is 4.29. The molecule has 0 saturated carbocycles. The SMILES string of the molecule is CC(C)(C)NCc1ccncc1-n1cc(Br)cn1. The van der Waals surface area contributed by atoms with E-state index < -0.39 is 0 Å².